The van der Waals surface area contributed by atoms with E-state index in [4.69, 9.17) is 5.73 Å². The van der Waals surface area contributed by atoms with Gasteiger partial charge in [-0.05, 0) is 42.0 Å². The maximum atomic E-state index is 11.3. The molecule has 1 aromatic heterocycles. The van der Waals surface area contributed by atoms with E-state index in [1.165, 1.54) is 0 Å². The van der Waals surface area contributed by atoms with Crippen LogP contribution in [0.1, 0.15) is 6.42 Å². The highest BCUT2D eigenvalue weighted by Crippen LogP contribution is 2.33. The summed E-state index contributed by atoms with van der Waals surface area (Å²) in [5.74, 6) is 0.761. The molecule has 1 unspecified atom stereocenters. The maximum Gasteiger partial charge on any atom is 0.222 e. The molecule has 0 aliphatic heterocycles. The number of aromatic nitrogens is 2. The Labute approximate surface area is 193 Å². The fourth-order valence-corrected chi connectivity index (χ4v) is 3.82. The van der Waals surface area contributed by atoms with Gasteiger partial charge in [-0.1, -0.05) is 46.3 Å². The van der Waals surface area contributed by atoms with Crippen LogP contribution < -0.4 is 16.4 Å². The van der Waals surface area contributed by atoms with Gasteiger partial charge in [-0.2, -0.15) is 4.98 Å². The standard InChI is InChI=1S/C24H20BrN5O2/c25-16-4-3-5-17(13-16)28-23-20-12-15(8-9-22(20)29-24(26)30-23)19-6-1-2-7-21(19)27-18(14-32)10-11-31/h1-9,11-14,18,27H,10H2,(H3,26,28,29,30). The molecule has 4 aromatic rings. The van der Waals surface area contributed by atoms with E-state index in [1.54, 1.807) is 0 Å². The first-order valence-electron chi connectivity index (χ1n) is 9.92. The maximum absolute atomic E-state index is 11.3. The highest BCUT2D eigenvalue weighted by molar-refractivity contribution is 9.10. The SMILES string of the molecule is Nc1nc(Nc2cccc(Br)c2)c2cc(-c3ccccc3NC(C=O)CC=O)ccc2n1. The van der Waals surface area contributed by atoms with Crippen molar-refractivity contribution in [3.63, 3.8) is 0 Å². The van der Waals surface area contributed by atoms with Crippen LogP contribution in [0, 0.1) is 0 Å². The van der Waals surface area contributed by atoms with E-state index in [0.29, 0.717) is 11.3 Å². The summed E-state index contributed by atoms with van der Waals surface area (Å²) in [6, 6.07) is 20.6. The van der Waals surface area contributed by atoms with Crippen LogP contribution in [0.15, 0.2) is 71.2 Å². The number of aldehydes is 2. The molecule has 0 bridgehead atoms. The number of hydrogen-bond acceptors (Lipinski definition) is 7. The summed E-state index contributed by atoms with van der Waals surface area (Å²) < 4.78 is 0.939. The Hall–Kier alpha value is -3.78. The third kappa shape index (κ3) is 4.76. The molecule has 1 atom stereocenters. The molecular formula is C24H20BrN5O2. The summed E-state index contributed by atoms with van der Waals surface area (Å²) >= 11 is 3.48. The first-order chi connectivity index (χ1) is 15.6. The van der Waals surface area contributed by atoms with Crippen molar-refractivity contribution in [3.8, 4) is 11.1 Å². The predicted molar refractivity (Wildman–Crippen MR) is 131 cm³/mol. The molecule has 0 saturated carbocycles. The smallest absolute Gasteiger partial charge is 0.222 e. The van der Waals surface area contributed by atoms with Crippen LogP contribution in [0.3, 0.4) is 0 Å². The number of para-hydroxylation sites is 1. The van der Waals surface area contributed by atoms with Crippen molar-refractivity contribution in [2.45, 2.75) is 12.5 Å². The Morgan fingerprint density at radius 1 is 1.00 bits per heavy atom. The number of halogens is 1. The Morgan fingerprint density at radius 3 is 2.62 bits per heavy atom. The Kier molecular flexibility index (Phi) is 6.42. The van der Waals surface area contributed by atoms with Gasteiger partial charge in [0.15, 0.2) is 0 Å². The summed E-state index contributed by atoms with van der Waals surface area (Å²) in [6.07, 6.45) is 1.57. The minimum absolute atomic E-state index is 0.101. The molecule has 0 aliphatic rings. The van der Waals surface area contributed by atoms with Crippen LogP contribution in [-0.2, 0) is 9.59 Å². The highest BCUT2D eigenvalue weighted by atomic mass is 79.9. The molecule has 0 aliphatic carbocycles. The van der Waals surface area contributed by atoms with Gasteiger partial charge in [-0.15, -0.1) is 0 Å². The van der Waals surface area contributed by atoms with Crippen molar-refractivity contribution >= 4 is 62.5 Å². The molecule has 3 aromatic carbocycles. The zero-order valence-corrected chi connectivity index (χ0v) is 18.5. The van der Waals surface area contributed by atoms with Gasteiger partial charge in [-0.25, -0.2) is 4.98 Å². The first kappa shape index (κ1) is 21.5. The molecular weight excluding hydrogens is 470 g/mol. The number of nitrogens with two attached hydrogens (primary N) is 1. The van der Waals surface area contributed by atoms with Gasteiger partial charge >= 0.3 is 0 Å². The van der Waals surface area contributed by atoms with Crippen molar-refractivity contribution in [2.75, 3.05) is 16.4 Å². The zero-order chi connectivity index (χ0) is 22.5. The van der Waals surface area contributed by atoms with Gasteiger partial charge in [0.2, 0.25) is 5.95 Å². The molecule has 0 fully saturated rings. The number of anilines is 4. The zero-order valence-electron chi connectivity index (χ0n) is 17.0. The summed E-state index contributed by atoms with van der Waals surface area (Å²) in [7, 11) is 0. The quantitative estimate of drug-likeness (QED) is 0.300. The second kappa shape index (κ2) is 9.57. The van der Waals surface area contributed by atoms with E-state index >= 15 is 0 Å². The number of hydrogen-bond donors (Lipinski definition) is 3. The van der Waals surface area contributed by atoms with Crippen LogP contribution >= 0.6 is 15.9 Å². The average Bonchev–Trinajstić information content (AvgIpc) is 2.79. The van der Waals surface area contributed by atoms with E-state index in [2.05, 4.69) is 36.5 Å². The number of carbonyl (C=O) groups excluding carboxylic acids is 2. The van der Waals surface area contributed by atoms with Gasteiger partial charge in [0, 0.05) is 33.2 Å². The Bertz CT molecular complexity index is 1290. The van der Waals surface area contributed by atoms with Gasteiger partial charge in [0.1, 0.15) is 18.4 Å². The Balaban J connectivity index is 1.78. The molecule has 32 heavy (non-hydrogen) atoms. The number of benzene rings is 3. The lowest BCUT2D eigenvalue weighted by Crippen LogP contribution is -2.21. The monoisotopic (exact) mass is 489 g/mol. The molecule has 8 heteroatoms. The van der Waals surface area contributed by atoms with Crippen LogP contribution in [0.4, 0.5) is 23.1 Å². The lowest BCUT2D eigenvalue weighted by atomic mass is 10.0. The van der Waals surface area contributed by atoms with Crippen LogP contribution in [0.25, 0.3) is 22.0 Å². The lowest BCUT2D eigenvalue weighted by molar-refractivity contribution is -0.112. The number of rotatable bonds is 8. The number of nitrogens with zero attached hydrogens (tertiary/aromatic N) is 2. The van der Waals surface area contributed by atoms with E-state index in [1.807, 2.05) is 66.7 Å². The largest absolute Gasteiger partial charge is 0.375 e. The van der Waals surface area contributed by atoms with Gasteiger partial charge in [0.25, 0.3) is 0 Å². The third-order valence-corrected chi connectivity index (χ3v) is 5.39. The van der Waals surface area contributed by atoms with Crippen molar-refractivity contribution in [3.05, 3.63) is 71.2 Å². The predicted octanol–water partition coefficient (Wildman–Crippen LogP) is 4.95. The minimum Gasteiger partial charge on any atom is -0.375 e. The molecule has 0 spiro atoms. The van der Waals surface area contributed by atoms with E-state index in [9.17, 15) is 9.59 Å². The molecule has 0 radical (unpaired) electrons. The highest BCUT2D eigenvalue weighted by Gasteiger charge is 2.13. The molecule has 4 N–H and O–H groups in total. The van der Waals surface area contributed by atoms with Crippen molar-refractivity contribution in [1.29, 1.82) is 0 Å². The molecule has 1 heterocycles. The van der Waals surface area contributed by atoms with Gasteiger partial charge < -0.3 is 26.0 Å². The number of nitrogens with one attached hydrogen (secondary N) is 2. The normalized spacial score (nSPS) is 11.7. The fourth-order valence-electron chi connectivity index (χ4n) is 3.42. The summed E-state index contributed by atoms with van der Waals surface area (Å²) in [4.78, 5) is 31.0. The molecule has 160 valence electrons. The van der Waals surface area contributed by atoms with E-state index < -0.39 is 6.04 Å². The molecule has 4 rings (SSSR count). The molecule has 7 nitrogen and oxygen atoms in total. The van der Waals surface area contributed by atoms with Crippen LogP contribution in [-0.4, -0.2) is 28.6 Å². The summed E-state index contributed by atoms with van der Waals surface area (Å²) in [5.41, 5.74) is 10.0. The van der Waals surface area contributed by atoms with E-state index in [-0.39, 0.29) is 12.4 Å². The van der Waals surface area contributed by atoms with Crippen LogP contribution in [0.5, 0.6) is 0 Å². The number of fused-ring (bicyclic) bond motifs is 1. The second-order valence-electron chi connectivity index (χ2n) is 7.13. The minimum atomic E-state index is -0.592. The van der Waals surface area contributed by atoms with Crippen molar-refractivity contribution in [2.24, 2.45) is 0 Å². The fraction of sp³-hybridized carbons (Fsp3) is 0.0833. The second-order valence-corrected chi connectivity index (χ2v) is 8.05. The summed E-state index contributed by atoms with van der Waals surface area (Å²) in [6.45, 7) is 0. The number of nitrogen functional groups attached to an aromatic ring is 1. The topological polar surface area (TPSA) is 110 Å². The Morgan fingerprint density at radius 2 is 1.84 bits per heavy atom. The van der Waals surface area contributed by atoms with Crippen LogP contribution in [0.2, 0.25) is 0 Å². The third-order valence-electron chi connectivity index (χ3n) is 4.89. The lowest BCUT2D eigenvalue weighted by Gasteiger charge is -2.16. The van der Waals surface area contributed by atoms with E-state index in [0.717, 1.165) is 44.9 Å². The van der Waals surface area contributed by atoms with Gasteiger partial charge in [0.05, 0.1) is 11.6 Å². The molecule has 0 amide bonds. The molecule has 0 saturated heterocycles. The average molecular weight is 490 g/mol. The first-order valence-corrected chi connectivity index (χ1v) is 10.7. The number of carbonyl (C=O) groups is 2. The van der Waals surface area contributed by atoms with Gasteiger partial charge in [-0.3, -0.25) is 0 Å². The van der Waals surface area contributed by atoms with Crippen molar-refractivity contribution in [1.82, 2.24) is 9.97 Å². The van der Waals surface area contributed by atoms with Crippen molar-refractivity contribution < 1.29 is 9.59 Å². The summed E-state index contributed by atoms with van der Waals surface area (Å²) in [5, 5.41) is 7.26.